The van der Waals surface area contributed by atoms with Crippen LogP contribution in [0.5, 0.6) is 0 Å². The number of aromatic nitrogens is 1. The Morgan fingerprint density at radius 3 is 1.79 bits per heavy atom. The van der Waals surface area contributed by atoms with Gasteiger partial charge in [-0.15, -0.1) is 0 Å². The van der Waals surface area contributed by atoms with Gasteiger partial charge in [-0.3, -0.25) is 33.6 Å². The van der Waals surface area contributed by atoms with E-state index in [4.69, 9.17) is 5.73 Å². The molecule has 19 nitrogen and oxygen atoms in total. The second-order valence-electron chi connectivity index (χ2n) is 13.3. The van der Waals surface area contributed by atoms with Crippen LogP contribution in [0.3, 0.4) is 0 Å². The third-order valence-electron chi connectivity index (χ3n) is 8.18. The van der Waals surface area contributed by atoms with E-state index in [0.717, 1.165) is 10.9 Å². The molecule has 2 aromatic rings. The number of fused-ring (bicyclic) bond motifs is 1. The maximum absolute atomic E-state index is 13.6. The minimum absolute atomic E-state index is 0.0701. The second kappa shape index (κ2) is 20.5. The van der Waals surface area contributed by atoms with Crippen LogP contribution in [-0.2, 0) is 44.8 Å². The zero-order valence-corrected chi connectivity index (χ0v) is 29.9. The summed E-state index contributed by atoms with van der Waals surface area (Å²) in [7, 11) is 0. The molecule has 2 rings (SSSR count). The first-order chi connectivity index (χ1) is 24.8. The number of carbonyl (C=O) groups is 8. The van der Waals surface area contributed by atoms with Crippen LogP contribution >= 0.6 is 0 Å². The van der Waals surface area contributed by atoms with Crippen molar-refractivity contribution < 1.29 is 58.8 Å². The Kier molecular flexibility index (Phi) is 16.8. The number of rotatable bonds is 22. The Morgan fingerprint density at radius 1 is 0.698 bits per heavy atom. The number of H-pyrrole nitrogens is 1. The number of benzene rings is 1. The summed E-state index contributed by atoms with van der Waals surface area (Å²) in [6, 6.07) is -1.87. The fraction of sp³-hybridized carbons (Fsp3) is 0.529. The molecule has 19 heteroatoms. The van der Waals surface area contributed by atoms with E-state index in [1.54, 1.807) is 58.2 Å². The number of aliphatic carboxylic acids is 3. The number of nitrogens with two attached hydrogens (primary N) is 1. The van der Waals surface area contributed by atoms with Gasteiger partial charge in [0.05, 0.1) is 19.1 Å². The molecule has 0 aliphatic carbocycles. The molecule has 0 saturated carbocycles. The van der Waals surface area contributed by atoms with E-state index < -0.39 is 110 Å². The van der Waals surface area contributed by atoms with E-state index in [0.29, 0.717) is 5.56 Å². The van der Waals surface area contributed by atoms with E-state index in [1.807, 2.05) is 0 Å². The van der Waals surface area contributed by atoms with Crippen LogP contribution in [0.4, 0.5) is 0 Å². The Hall–Kier alpha value is -5.56. The lowest BCUT2D eigenvalue weighted by atomic mass is 10.0. The molecule has 0 aliphatic heterocycles. The molecule has 12 N–H and O–H groups in total. The van der Waals surface area contributed by atoms with Crippen molar-refractivity contribution in [3.8, 4) is 0 Å². The Labute approximate surface area is 304 Å². The standard InChI is InChI=1S/C34H49N7O12/c1-16(2)11-22(38-31(49)23(13-27(45)46)39-32(50)25(15-42)41-33(51)28(35)17(3)4)30(48)37-21(9-10-26(43)44)29(47)40-24(34(52)53)12-18-14-36-20-8-6-5-7-19(18)20/h5-8,14,16-17,21-25,28,36,42H,9-13,15,35H2,1-4H3,(H,37,48)(H,38,49)(H,39,50)(H,40,47)(H,41,51)(H,43,44)(H,45,46)(H,52,53)/t21-,22-,23-,24-,25-,28-/m0/s1. The number of aliphatic hydroxyl groups is 1. The summed E-state index contributed by atoms with van der Waals surface area (Å²) < 4.78 is 0. The van der Waals surface area contributed by atoms with Crippen LogP contribution in [0.2, 0.25) is 0 Å². The topological polar surface area (TPSA) is 319 Å². The highest BCUT2D eigenvalue weighted by atomic mass is 16.4. The van der Waals surface area contributed by atoms with Crippen LogP contribution in [0.25, 0.3) is 10.9 Å². The normalized spacial score (nSPS) is 14.6. The molecule has 0 radical (unpaired) electrons. The van der Waals surface area contributed by atoms with Gasteiger partial charge in [-0.05, 0) is 36.3 Å². The average Bonchev–Trinajstić information content (AvgIpc) is 3.49. The molecular formula is C34H49N7O12. The number of nitrogens with one attached hydrogen (secondary N) is 6. The van der Waals surface area contributed by atoms with E-state index in [2.05, 4.69) is 31.6 Å². The Morgan fingerprint density at radius 2 is 1.23 bits per heavy atom. The van der Waals surface area contributed by atoms with E-state index in [-0.39, 0.29) is 24.7 Å². The van der Waals surface area contributed by atoms with E-state index in [1.165, 1.54) is 0 Å². The summed E-state index contributed by atoms with van der Waals surface area (Å²) in [4.78, 5) is 104. The van der Waals surface area contributed by atoms with Crippen molar-refractivity contribution in [3.63, 3.8) is 0 Å². The molecular weight excluding hydrogens is 698 g/mol. The fourth-order valence-electron chi connectivity index (χ4n) is 5.20. The minimum Gasteiger partial charge on any atom is -0.481 e. The molecule has 1 heterocycles. The predicted octanol–water partition coefficient (Wildman–Crippen LogP) is -1.42. The summed E-state index contributed by atoms with van der Waals surface area (Å²) in [5.74, 6) is -9.86. The van der Waals surface area contributed by atoms with Crippen LogP contribution in [0.1, 0.15) is 58.9 Å². The quantitative estimate of drug-likeness (QED) is 0.0660. The van der Waals surface area contributed by atoms with Gasteiger partial charge in [-0.25, -0.2) is 4.79 Å². The average molecular weight is 748 g/mol. The number of carboxylic acids is 3. The minimum atomic E-state index is -1.81. The molecule has 53 heavy (non-hydrogen) atoms. The number of aromatic amines is 1. The smallest absolute Gasteiger partial charge is 0.326 e. The van der Waals surface area contributed by atoms with Crippen LogP contribution < -0.4 is 32.3 Å². The van der Waals surface area contributed by atoms with Crippen molar-refractivity contribution in [1.29, 1.82) is 0 Å². The first-order valence-electron chi connectivity index (χ1n) is 16.9. The lowest BCUT2D eigenvalue weighted by Gasteiger charge is -2.27. The third-order valence-corrected chi connectivity index (χ3v) is 8.18. The molecule has 0 fully saturated rings. The molecule has 0 aliphatic rings. The van der Waals surface area contributed by atoms with Crippen LogP contribution in [0, 0.1) is 11.8 Å². The monoisotopic (exact) mass is 747 g/mol. The number of amides is 5. The fourth-order valence-corrected chi connectivity index (χ4v) is 5.20. The lowest BCUT2D eigenvalue weighted by molar-refractivity contribution is -0.143. The highest BCUT2D eigenvalue weighted by molar-refractivity contribution is 5.97. The van der Waals surface area contributed by atoms with Crippen molar-refractivity contribution in [2.75, 3.05) is 6.61 Å². The van der Waals surface area contributed by atoms with Gasteiger partial charge in [0.1, 0.15) is 30.2 Å². The lowest BCUT2D eigenvalue weighted by Crippen LogP contribution is -2.60. The molecule has 0 bridgehead atoms. The molecule has 5 amide bonds. The summed E-state index contributed by atoms with van der Waals surface area (Å²) in [5, 5.41) is 50.6. The molecule has 1 aromatic heterocycles. The number of hydrogen-bond donors (Lipinski definition) is 11. The molecule has 0 unspecified atom stereocenters. The van der Waals surface area contributed by atoms with Gasteiger partial charge in [-0.1, -0.05) is 45.9 Å². The first kappa shape index (κ1) is 43.6. The Bertz CT molecular complexity index is 1640. The number of aliphatic hydroxyl groups excluding tert-OH is 1. The van der Waals surface area contributed by atoms with Crippen LogP contribution in [0.15, 0.2) is 30.5 Å². The summed E-state index contributed by atoms with van der Waals surface area (Å²) >= 11 is 0. The van der Waals surface area contributed by atoms with E-state index >= 15 is 0 Å². The zero-order chi connectivity index (χ0) is 40.0. The largest absolute Gasteiger partial charge is 0.481 e. The number of para-hydroxylation sites is 1. The summed E-state index contributed by atoms with van der Waals surface area (Å²) in [5.41, 5.74) is 7.10. The summed E-state index contributed by atoms with van der Waals surface area (Å²) in [6.07, 6.45) is -0.657. The number of hydrogen-bond acceptors (Lipinski definition) is 10. The van der Waals surface area contributed by atoms with Crippen molar-refractivity contribution in [1.82, 2.24) is 31.6 Å². The van der Waals surface area contributed by atoms with Crippen molar-refractivity contribution in [2.24, 2.45) is 17.6 Å². The summed E-state index contributed by atoms with van der Waals surface area (Å²) in [6.45, 7) is 5.75. The molecule has 0 spiro atoms. The maximum Gasteiger partial charge on any atom is 0.326 e. The van der Waals surface area contributed by atoms with Crippen molar-refractivity contribution in [3.05, 3.63) is 36.0 Å². The van der Waals surface area contributed by atoms with Gasteiger partial charge in [0.2, 0.25) is 29.5 Å². The highest BCUT2D eigenvalue weighted by Gasteiger charge is 2.34. The number of carboxylic acid groups (broad SMARTS) is 3. The van der Waals surface area contributed by atoms with Gasteiger partial charge in [-0.2, -0.15) is 0 Å². The molecule has 6 atom stereocenters. The van der Waals surface area contributed by atoms with Gasteiger partial charge >= 0.3 is 17.9 Å². The maximum atomic E-state index is 13.6. The zero-order valence-electron chi connectivity index (χ0n) is 29.9. The first-order valence-corrected chi connectivity index (χ1v) is 16.9. The molecule has 0 saturated heterocycles. The van der Waals surface area contributed by atoms with E-state index in [9.17, 15) is 58.8 Å². The van der Waals surface area contributed by atoms with Crippen molar-refractivity contribution in [2.45, 2.75) is 96.1 Å². The van der Waals surface area contributed by atoms with Crippen LogP contribution in [-0.4, -0.2) is 116 Å². The predicted molar refractivity (Wildman–Crippen MR) is 188 cm³/mol. The number of carbonyl (C=O) groups excluding carboxylic acids is 5. The molecule has 292 valence electrons. The van der Waals surface area contributed by atoms with Gasteiger partial charge < -0.3 is 57.7 Å². The SMILES string of the molecule is CC(C)C[C@H](NC(=O)[C@H](CC(=O)O)NC(=O)[C@H](CO)NC(=O)[C@@H](N)C(C)C)C(=O)N[C@@H](CCC(=O)O)C(=O)N[C@@H](Cc1c[nH]c2ccccc12)C(=O)O. The highest BCUT2D eigenvalue weighted by Crippen LogP contribution is 2.19. The van der Waals surface area contributed by atoms with Gasteiger partial charge in [0.25, 0.3) is 0 Å². The molecule has 1 aromatic carbocycles. The third kappa shape index (κ3) is 13.8. The van der Waals surface area contributed by atoms with Gasteiger partial charge in [0, 0.05) is 29.9 Å². The Balaban J connectivity index is 2.27. The van der Waals surface area contributed by atoms with Crippen molar-refractivity contribution >= 4 is 58.3 Å². The second-order valence-corrected chi connectivity index (χ2v) is 13.3. The van der Waals surface area contributed by atoms with Gasteiger partial charge in [0.15, 0.2) is 0 Å².